The van der Waals surface area contributed by atoms with Crippen LogP contribution in [0, 0.1) is 0 Å². The highest BCUT2D eigenvalue weighted by Gasteiger charge is 2.50. The Morgan fingerprint density at radius 2 is 1.88 bits per heavy atom. The lowest BCUT2D eigenvalue weighted by Crippen LogP contribution is -2.68. The Labute approximate surface area is 204 Å². The molecule has 3 aliphatic rings. The standard InChI is InChI=1S/C26H30ClN3O2S/c1-26(25(32)28-21-6-4-2-3-5-7-21)17-29-16-19-12-13-33-23(19)14-22(29)24(31)30(26)15-18-8-10-20(27)11-9-18/h8-14,21H,2-7,15-17H2,1H3,(H,28,32). The van der Waals surface area contributed by atoms with Crippen molar-refractivity contribution in [1.29, 1.82) is 0 Å². The number of rotatable bonds is 4. The summed E-state index contributed by atoms with van der Waals surface area (Å²) in [5.41, 5.74) is 1.89. The van der Waals surface area contributed by atoms with E-state index in [2.05, 4.69) is 21.7 Å². The minimum Gasteiger partial charge on any atom is -0.360 e. The number of piperazine rings is 1. The van der Waals surface area contributed by atoms with Gasteiger partial charge in [0.2, 0.25) is 5.91 Å². The first-order valence-corrected chi connectivity index (χ1v) is 13.1. The fraction of sp³-hybridized carbons (Fsp3) is 0.462. The summed E-state index contributed by atoms with van der Waals surface area (Å²) in [6.07, 6.45) is 8.78. The molecule has 7 heteroatoms. The van der Waals surface area contributed by atoms with Crippen LogP contribution in [-0.4, -0.2) is 39.7 Å². The van der Waals surface area contributed by atoms with Gasteiger partial charge in [0.1, 0.15) is 11.2 Å². The third-order valence-corrected chi connectivity index (χ3v) is 8.40. The number of carbonyl (C=O) groups excluding carboxylic acids is 2. The zero-order chi connectivity index (χ0) is 23.0. The maximum Gasteiger partial charge on any atom is 0.271 e. The van der Waals surface area contributed by atoms with Gasteiger partial charge in [0, 0.05) is 29.0 Å². The van der Waals surface area contributed by atoms with E-state index in [0.29, 0.717) is 30.4 Å². The van der Waals surface area contributed by atoms with Gasteiger partial charge in [0.15, 0.2) is 0 Å². The number of carbonyl (C=O) groups is 2. The monoisotopic (exact) mass is 483 g/mol. The Hall–Kier alpha value is -2.31. The van der Waals surface area contributed by atoms with Crippen molar-refractivity contribution in [3.63, 3.8) is 0 Å². The smallest absolute Gasteiger partial charge is 0.271 e. The molecular weight excluding hydrogens is 454 g/mol. The van der Waals surface area contributed by atoms with Gasteiger partial charge in [-0.15, -0.1) is 11.3 Å². The van der Waals surface area contributed by atoms with Crippen molar-refractivity contribution in [3.05, 3.63) is 62.4 Å². The van der Waals surface area contributed by atoms with Gasteiger partial charge in [-0.3, -0.25) is 9.59 Å². The van der Waals surface area contributed by atoms with Crippen LogP contribution in [0.15, 0.2) is 41.4 Å². The third kappa shape index (κ3) is 4.43. The number of amides is 2. The van der Waals surface area contributed by atoms with Crippen molar-refractivity contribution in [1.82, 2.24) is 15.1 Å². The number of hydrogen-bond acceptors (Lipinski definition) is 4. The lowest BCUT2D eigenvalue weighted by molar-refractivity contribution is -0.152. The average Bonchev–Trinajstić information content (AvgIpc) is 3.10. The first-order chi connectivity index (χ1) is 15.9. The fourth-order valence-electron chi connectivity index (χ4n) is 5.25. The van der Waals surface area contributed by atoms with Gasteiger partial charge < -0.3 is 15.1 Å². The largest absolute Gasteiger partial charge is 0.360 e. The molecule has 1 atom stereocenters. The summed E-state index contributed by atoms with van der Waals surface area (Å²) in [5.74, 6) is -0.138. The second-order valence-corrected chi connectivity index (χ2v) is 11.0. The molecule has 2 fully saturated rings. The summed E-state index contributed by atoms with van der Waals surface area (Å²) in [6.45, 7) is 3.43. The zero-order valence-electron chi connectivity index (χ0n) is 19.0. The van der Waals surface area contributed by atoms with Crippen molar-refractivity contribution in [2.45, 2.75) is 70.1 Å². The van der Waals surface area contributed by atoms with Gasteiger partial charge in [-0.05, 0) is 60.5 Å². The average molecular weight is 484 g/mol. The Kier molecular flexibility index (Phi) is 6.23. The SMILES string of the molecule is CC1(C(=O)NC2CCCCCC2)CN2Cc3ccsc3C=C2C(=O)N1Cc1ccc(Cl)cc1. The molecule has 1 saturated carbocycles. The molecular formula is C26H30ClN3O2S. The molecule has 5 nitrogen and oxygen atoms in total. The quantitative estimate of drug-likeness (QED) is 0.608. The lowest BCUT2D eigenvalue weighted by Gasteiger charge is -2.50. The van der Waals surface area contributed by atoms with Crippen molar-refractivity contribution in [3.8, 4) is 0 Å². The van der Waals surface area contributed by atoms with Crippen LogP contribution < -0.4 is 5.32 Å². The summed E-state index contributed by atoms with van der Waals surface area (Å²) < 4.78 is 0. The van der Waals surface area contributed by atoms with Crippen LogP contribution in [0.2, 0.25) is 5.02 Å². The molecule has 3 heterocycles. The molecule has 174 valence electrons. The summed E-state index contributed by atoms with van der Waals surface area (Å²) in [7, 11) is 0. The van der Waals surface area contributed by atoms with Crippen LogP contribution in [0.5, 0.6) is 0 Å². The second kappa shape index (κ2) is 9.15. The Morgan fingerprint density at radius 1 is 1.15 bits per heavy atom. The number of nitrogens with zero attached hydrogens (tertiary/aromatic N) is 2. The molecule has 1 aromatic carbocycles. The van der Waals surface area contributed by atoms with E-state index in [1.807, 2.05) is 37.3 Å². The lowest BCUT2D eigenvalue weighted by atomic mass is 9.90. The fourth-order valence-corrected chi connectivity index (χ4v) is 6.21. The normalized spacial score (nSPS) is 23.5. The third-order valence-electron chi connectivity index (χ3n) is 7.24. The molecule has 5 rings (SSSR count). The highest BCUT2D eigenvalue weighted by molar-refractivity contribution is 7.11. The molecule has 1 saturated heterocycles. The van der Waals surface area contributed by atoms with Crippen LogP contribution in [0.3, 0.4) is 0 Å². The number of benzene rings is 1. The maximum atomic E-state index is 13.8. The topological polar surface area (TPSA) is 52.7 Å². The predicted molar refractivity (Wildman–Crippen MR) is 133 cm³/mol. The van der Waals surface area contributed by atoms with Crippen LogP contribution >= 0.6 is 22.9 Å². The molecule has 1 N–H and O–H groups in total. The molecule has 0 radical (unpaired) electrons. The van der Waals surface area contributed by atoms with Crippen LogP contribution in [-0.2, 0) is 22.7 Å². The number of thiophene rings is 1. The summed E-state index contributed by atoms with van der Waals surface area (Å²) >= 11 is 7.73. The molecule has 1 aliphatic carbocycles. The van der Waals surface area contributed by atoms with E-state index in [0.717, 1.165) is 36.1 Å². The second-order valence-electron chi connectivity index (χ2n) is 9.65. The van der Waals surface area contributed by atoms with Gasteiger partial charge >= 0.3 is 0 Å². The molecule has 0 bridgehead atoms. The van der Waals surface area contributed by atoms with Gasteiger partial charge in [-0.25, -0.2) is 0 Å². The van der Waals surface area contributed by atoms with Crippen LogP contribution in [0.25, 0.3) is 6.08 Å². The molecule has 2 aromatic rings. The van der Waals surface area contributed by atoms with E-state index in [4.69, 9.17) is 11.6 Å². The van der Waals surface area contributed by atoms with Crippen molar-refractivity contribution in [2.75, 3.05) is 6.54 Å². The van der Waals surface area contributed by atoms with E-state index in [9.17, 15) is 9.59 Å². The highest BCUT2D eigenvalue weighted by Crippen LogP contribution is 2.37. The van der Waals surface area contributed by atoms with E-state index in [1.165, 1.54) is 18.4 Å². The summed E-state index contributed by atoms with van der Waals surface area (Å²) in [5, 5.41) is 6.05. The molecule has 0 spiro atoms. The van der Waals surface area contributed by atoms with Crippen LogP contribution in [0.1, 0.15) is 61.5 Å². The Morgan fingerprint density at radius 3 is 2.61 bits per heavy atom. The summed E-state index contributed by atoms with van der Waals surface area (Å²) in [6, 6.07) is 9.82. The number of hydrogen-bond donors (Lipinski definition) is 1. The van der Waals surface area contributed by atoms with Crippen molar-refractivity contribution in [2.24, 2.45) is 0 Å². The number of fused-ring (bicyclic) bond motifs is 2. The number of halogens is 1. The van der Waals surface area contributed by atoms with Gasteiger partial charge in [-0.1, -0.05) is 49.4 Å². The van der Waals surface area contributed by atoms with Crippen molar-refractivity contribution < 1.29 is 9.59 Å². The first-order valence-electron chi connectivity index (χ1n) is 11.8. The van der Waals surface area contributed by atoms with E-state index in [1.54, 1.807) is 16.2 Å². The highest BCUT2D eigenvalue weighted by atomic mass is 35.5. The predicted octanol–water partition coefficient (Wildman–Crippen LogP) is 5.20. The van der Waals surface area contributed by atoms with Gasteiger partial charge in [0.25, 0.3) is 5.91 Å². The van der Waals surface area contributed by atoms with E-state index >= 15 is 0 Å². The van der Waals surface area contributed by atoms with Gasteiger partial charge in [-0.2, -0.15) is 0 Å². The zero-order valence-corrected chi connectivity index (χ0v) is 20.6. The van der Waals surface area contributed by atoms with Crippen LogP contribution in [0.4, 0.5) is 0 Å². The van der Waals surface area contributed by atoms with E-state index < -0.39 is 5.54 Å². The Bertz CT molecular complexity index is 1070. The molecule has 1 aromatic heterocycles. The maximum absolute atomic E-state index is 13.8. The molecule has 33 heavy (non-hydrogen) atoms. The minimum absolute atomic E-state index is 0.0492. The molecule has 1 unspecified atom stereocenters. The van der Waals surface area contributed by atoms with E-state index in [-0.39, 0.29) is 17.9 Å². The Balaban J connectivity index is 1.47. The minimum atomic E-state index is -0.964. The molecule has 2 aliphatic heterocycles. The van der Waals surface area contributed by atoms with Crippen molar-refractivity contribution >= 4 is 40.8 Å². The first kappa shape index (κ1) is 22.5. The van der Waals surface area contributed by atoms with Gasteiger partial charge in [0.05, 0.1) is 6.54 Å². The summed E-state index contributed by atoms with van der Waals surface area (Å²) in [4.78, 5) is 32.6. The number of nitrogens with one attached hydrogen (secondary N) is 1. The molecule has 2 amide bonds.